The Hall–Kier alpha value is -1.20. The normalized spacial score (nSPS) is 21.8. The first-order chi connectivity index (χ1) is 9.55. The van der Waals surface area contributed by atoms with E-state index >= 15 is 0 Å². The quantitative estimate of drug-likeness (QED) is 0.630. The number of esters is 1. The summed E-state index contributed by atoms with van der Waals surface area (Å²) in [6.07, 6.45) is 3.77. The fraction of sp³-hybridized carbons (Fsp3) is 0.500. The highest BCUT2D eigenvalue weighted by Crippen LogP contribution is 2.44. The van der Waals surface area contributed by atoms with Crippen molar-refractivity contribution in [2.75, 3.05) is 6.61 Å². The topological polar surface area (TPSA) is 52.1 Å². The number of carbonyl (C=O) groups is 1. The third-order valence-corrected chi connectivity index (χ3v) is 5.30. The Labute approximate surface area is 126 Å². The van der Waals surface area contributed by atoms with Crippen molar-refractivity contribution in [3.63, 3.8) is 0 Å². The monoisotopic (exact) mass is 310 g/mol. The van der Waals surface area contributed by atoms with Crippen LogP contribution in [0.15, 0.2) is 6.33 Å². The van der Waals surface area contributed by atoms with Gasteiger partial charge in [0.1, 0.15) is 16.3 Å². The number of aromatic nitrogens is 2. The zero-order valence-corrected chi connectivity index (χ0v) is 13.0. The van der Waals surface area contributed by atoms with Gasteiger partial charge in [0.2, 0.25) is 0 Å². The van der Waals surface area contributed by atoms with E-state index in [9.17, 15) is 4.79 Å². The second-order valence-electron chi connectivity index (χ2n) is 5.31. The van der Waals surface area contributed by atoms with Crippen molar-refractivity contribution in [2.24, 2.45) is 5.41 Å². The molecular weight excluding hydrogens is 296 g/mol. The fourth-order valence-corrected chi connectivity index (χ4v) is 4.40. The predicted octanol–water partition coefficient (Wildman–Crippen LogP) is 3.40. The van der Waals surface area contributed by atoms with Crippen molar-refractivity contribution in [1.82, 2.24) is 9.97 Å². The molecule has 1 atom stereocenters. The predicted molar refractivity (Wildman–Crippen MR) is 79.2 cm³/mol. The van der Waals surface area contributed by atoms with E-state index < -0.39 is 5.41 Å². The lowest BCUT2D eigenvalue weighted by atomic mass is 9.75. The Morgan fingerprint density at radius 2 is 2.35 bits per heavy atom. The lowest BCUT2D eigenvalue weighted by molar-refractivity contribution is -0.155. The number of aryl methyl sites for hydroxylation is 1. The van der Waals surface area contributed by atoms with Crippen molar-refractivity contribution >= 4 is 39.1 Å². The van der Waals surface area contributed by atoms with E-state index in [0.29, 0.717) is 18.2 Å². The van der Waals surface area contributed by atoms with Crippen LogP contribution in [0.5, 0.6) is 0 Å². The van der Waals surface area contributed by atoms with Crippen LogP contribution in [-0.4, -0.2) is 22.5 Å². The highest BCUT2D eigenvalue weighted by atomic mass is 35.5. The van der Waals surface area contributed by atoms with Gasteiger partial charge < -0.3 is 4.74 Å². The molecule has 0 spiro atoms. The van der Waals surface area contributed by atoms with E-state index in [1.807, 2.05) is 13.8 Å². The Morgan fingerprint density at radius 1 is 1.55 bits per heavy atom. The fourth-order valence-electron chi connectivity index (χ4n) is 2.73. The number of hydrogen-bond acceptors (Lipinski definition) is 5. The maximum atomic E-state index is 12.1. The van der Waals surface area contributed by atoms with Gasteiger partial charge in [-0.15, -0.1) is 11.3 Å². The molecule has 2 aromatic rings. The number of hydrogen-bond donors (Lipinski definition) is 0. The first-order valence-corrected chi connectivity index (χ1v) is 7.82. The number of nitrogens with zero attached hydrogens (tertiary/aromatic N) is 2. The zero-order chi connectivity index (χ0) is 14.3. The van der Waals surface area contributed by atoms with E-state index in [4.69, 9.17) is 16.3 Å². The molecule has 4 nitrogen and oxygen atoms in total. The third kappa shape index (κ3) is 2.09. The van der Waals surface area contributed by atoms with Crippen molar-refractivity contribution in [3.05, 3.63) is 21.9 Å². The molecule has 1 aliphatic rings. The summed E-state index contributed by atoms with van der Waals surface area (Å²) in [5.74, 6) is -0.111. The van der Waals surface area contributed by atoms with E-state index in [0.717, 1.165) is 23.1 Å². The van der Waals surface area contributed by atoms with Gasteiger partial charge >= 0.3 is 5.97 Å². The summed E-state index contributed by atoms with van der Waals surface area (Å²) in [5.41, 5.74) is 0.765. The maximum absolute atomic E-state index is 12.1. The van der Waals surface area contributed by atoms with Crippen molar-refractivity contribution in [1.29, 1.82) is 0 Å². The molecule has 106 valence electrons. The molecule has 0 bridgehead atoms. The molecular formula is C14H15ClN2O2S. The average Bonchev–Trinajstić information content (AvgIpc) is 2.77. The Morgan fingerprint density at radius 3 is 3.10 bits per heavy atom. The standard InChI is InChI=1S/C14H15ClN2O2S/c1-3-19-13(18)14(2)5-4-8-9(6-14)20-12-10(8)11(15)16-7-17-12/h7H,3-6H2,1-2H3/t14-/m0/s1. The molecule has 6 heteroatoms. The first-order valence-electron chi connectivity index (χ1n) is 6.63. The zero-order valence-electron chi connectivity index (χ0n) is 11.4. The molecule has 0 aromatic carbocycles. The highest BCUT2D eigenvalue weighted by Gasteiger charge is 2.40. The Balaban J connectivity index is 2.02. The van der Waals surface area contributed by atoms with Crippen LogP contribution >= 0.6 is 22.9 Å². The highest BCUT2D eigenvalue weighted by molar-refractivity contribution is 7.19. The van der Waals surface area contributed by atoms with Crippen LogP contribution in [0, 0.1) is 5.41 Å². The molecule has 0 amide bonds. The molecule has 0 saturated carbocycles. The Bertz CT molecular complexity index is 685. The number of thiophene rings is 1. The van der Waals surface area contributed by atoms with Gasteiger partial charge in [-0.25, -0.2) is 9.97 Å². The van der Waals surface area contributed by atoms with Gasteiger partial charge in [-0.1, -0.05) is 11.6 Å². The van der Waals surface area contributed by atoms with Crippen molar-refractivity contribution in [2.45, 2.75) is 33.1 Å². The summed E-state index contributed by atoms with van der Waals surface area (Å²) < 4.78 is 5.21. The van der Waals surface area contributed by atoms with E-state index in [2.05, 4.69) is 9.97 Å². The number of ether oxygens (including phenoxy) is 1. The molecule has 0 radical (unpaired) electrons. The largest absolute Gasteiger partial charge is 0.466 e. The number of rotatable bonds is 2. The smallest absolute Gasteiger partial charge is 0.312 e. The van der Waals surface area contributed by atoms with Gasteiger partial charge in [-0.3, -0.25) is 4.79 Å². The summed E-state index contributed by atoms with van der Waals surface area (Å²) in [5, 5.41) is 1.47. The SMILES string of the molecule is CCOC(=O)[C@@]1(C)CCc2c(sc3ncnc(Cl)c23)C1. The van der Waals surface area contributed by atoms with E-state index in [1.54, 1.807) is 11.3 Å². The average molecular weight is 311 g/mol. The van der Waals surface area contributed by atoms with Gasteiger partial charge in [0.05, 0.1) is 17.4 Å². The van der Waals surface area contributed by atoms with Crippen LogP contribution < -0.4 is 0 Å². The van der Waals surface area contributed by atoms with Crippen molar-refractivity contribution in [3.8, 4) is 0 Å². The minimum Gasteiger partial charge on any atom is -0.466 e. The summed E-state index contributed by atoms with van der Waals surface area (Å²) in [4.78, 5) is 22.6. The molecule has 2 aromatic heterocycles. The van der Waals surface area contributed by atoms with Crippen LogP contribution in [-0.2, 0) is 22.4 Å². The van der Waals surface area contributed by atoms with Crippen LogP contribution in [0.3, 0.4) is 0 Å². The lowest BCUT2D eigenvalue weighted by Gasteiger charge is -2.31. The minimum absolute atomic E-state index is 0.111. The minimum atomic E-state index is -0.441. The van der Waals surface area contributed by atoms with Gasteiger partial charge in [0.25, 0.3) is 0 Å². The third-order valence-electron chi connectivity index (χ3n) is 3.87. The summed E-state index contributed by atoms with van der Waals surface area (Å²) in [6, 6.07) is 0. The second kappa shape index (κ2) is 4.97. The molecule has 20 heavy (non-hydrogen) atoms. The Kier molecular flexibility index (Phi) is 3.42. The molecule has 0 fully saturated rings. The molecule has 0 aliphatic heterocycles. The summed E-state index contributed by atoms with van der Waals surface area (Å²) in [7, 11) is 0. The van der Waals surface area contributed by atoms with E-state index in [-0.39, 0.29) is 5.97 Å². The van der Waals surface area contributed by atoms with Crippen LogP contribution in [0.25, 0.3) is 10.2 Å². The molecule has 0 unspecified atom stereocenters. The van der Waals surface area contributed by atoms with Crippen molar-refractivity contribution < 1.29 is 9.53 Å². The second-order valence-corrected chi connectivity index (χ2v) is 6.75. The van der Waals surface area contributed by atoms with Gasteiger partial charge in [-0.05, 0) is 38.7 Å². The number of carbonyl (C=O) groups excluding carboxylic acids is 1. The van der Waals surface area contributed by atoms with Crippen LogP contribution in [0.1, 0.15) is 30.7 Å². The number of halogens is 1. The maximum Gasteiger partial charge on any atom is 0.312 e. The van der Waals surface area contributed by atoms with Crippen LogP contribution in [0.4, 0.5) is 0 Å². The van der Waals surface area contributed by atoms with Gasteiger partial charge in [0.15, 0.2) is 0 Å². The first kappa shape index (κ1) is 13.8. The van der Waals surface area contributed by atoms with E-state index in [1.165, 1.54) is 16.8 Å². The molecule has 0 saturated heterocycles. The molecule has 1 aliphatic carbocycles. The van der Waals surface area contributed by atoms with Crippen LogP contribution in [0.2, 0.25) is 5.15 Å². The molecule has 3 rings (SSSR count). The summed E-state index contributed by atoms with van der Waals surface area (Å²) >= 11 is 7.79. The molecule has 0 N–H and O–H groups in total. The van der Waals surface area contributed by atoms with Gasteiger partial charge in [0, 0.05) is 4.88 Å². The summed E-state index contributed by atoms with van der Waals surface area (Å²) in [6.45, 7) is 4.24. The molecule has 2 heterocycles. The number of fused-ring (bicyclic) bond motifs is 3. The van der Waals surface area contributed by atoms with Gasteiger partial charge in [-0.2, -0.15) is 0 Å². The lowest BCUT2D eigenvalue weighted by Crippen LogP contribution is -2.35.